The summed E-state index contributed by atoms with van der Waals surface area (Å²) in [6, 6.07) is 7.72. The zero-order valence-corrected chi connectivity index (χ0v) is 26.5. The molecular weight excluding hydrogens is 640 g/mol. The van der Waals surface area contributed by atoms with E-state index in [2.05, 4.69) is 10.3 Å². The van der Waals surface area contributed by atoms with Crippen molar-refractivity contribution in [3.8, 4) is 0 Å². The van der Waals surface area contributed by atoms with Crippen molar-refractivity contribution in [1.29, 1.82) is 0 Å². The van der Waals surface area contributed by atoms with Gasteiger partial charge >= 0.3 is 11.9 Å². The van der Waals surface area contributed by atoms with Crippen LogP contribution in [0.5, 0.6) is 0 Å². The summed E-state index contributed by atoms with van der Waals surface area (Å²) in [5.41, 5.74) is -0.420. The van der Waals surface area contributed by atoms with Crippen LogP contribution in [0.3, 0.4) is 0 Å². The van der Waals surface area contributed by atoms with Gasteiger partial charge in [0.1, 0.15) is 11.9 Å². The molecule has 0 radical (unpaired) electrons. The summed E-state index contributed by atoms with van der Waals surface area (Å²) in [4.78, 5) is 50.7. The molecule has 2 fully saturated rings. The minimum atomic E-state index is -2.14. The third-order valence-electron chi connectivity index (χ3n) is 8.65. The molecule has 0 aliphatic carbocycles. The van der Waals surface area contributed by atoms with Crippen LogP contribution in [0.1, 0.15) is 45.9 Å². The summed E-state index contributed by atoms with van der Waals surface area (Å²) in [6.07, 6.45) is 1.53. The van der Waals surface area contributed by atoms with Gasteiger partial charge in [-0.3, -0.25) is 14.7 Å². The number of nitrogens with zero attached hydrogens (tertiary/aromatic N) is 4. The first kappa shape index (κ1) is 31.8. The monoisotopic (exact) mass is 669 g/mol. The van der Waals surface area contributed by atoms with Gasteiger partial charge in [0.15, 0.2) is 16.5 Å². The summed E-state index contributed by atoms with van der Waals surface area (Å²) in [6.45, 7) is 4.01. The van der Waals surface area contributed by atoms with E-state index in [0.717, 1.165) is 0 Å². The molecule has 2 saturated heterocycles. The van der Waals surface area contributed by atoms with Gasteiger partial charge in [0.2, 0.25) is 0 Å². The van der Waals surface area contributed by atoms with Crippen LogP contribution in [0.4, 0.5) is 14.5 Å². The molecule has 3 aliphatic heterocycles. The number of aromatic carboxylic acids is 1. The van der Waals surface area contributed by atoms with E-state index in [1.807, 2.05) is 4.90 Å². The fourth-order valence-electron chi connectivity index (χ4n) is 6.28. The number of carbonyl (C=O) groups is 3. The zero-order chi connectivity index (χ0) is 32.7. The van der Waals surface area contributed by atoms with Crippen LogP contribution in [-0.4, -0.2) is 77.1 Å². The number of hydrogen-bond acceptors (Lipinski definition) is 9. The van der Waals surface area contributed by atoms with Crippen molar-refractivity contribution in [2.75, 3.05) is 37.7 Å². The molecule has 46 heavy (non-hydrogen) atoms. The quantitative estimate of drug-likeness (QED) is 0.324. The average Bonchev–Trinajstić information content (AvgIpc) is 3.65. The Morgan fingerprint density at radius 1 is 1.26 bits per heavy atom. The van der Waals surface area contributed by atoms with Crippen LogP contribution >= 0.6 is 22.9 Å². The van der Waals surface area contributed by atoms with Crippen molar-refractivity contribution in [3.63, 3.8) is 0 Å². The van der Waals surface area contributed by atoms with Crippen LogP contribution in [0.25, 0.3) is 0 Å². The molecule has 6 rings (SSSR count). The molecule has 0 unspecified atom stereocenters. The first-order chi connectivity index (χ1) is 22.0. The number of thiazole rings is 1. The van der Waals surface area contributed by atoms with E-state index in [1.165, 1.54) is 40.5 Å². The number of carboxylic acids is 1. The lowest BCUT2D eigenvalue weighted by Crippen LogP contribution is -2.52. The molecule has 3 atom stereocenters. The SMILES string of the molecule is CCOC(=O)C1=C(CN2CC[C@]3(F)C(=O)N(c4ccc(C(=O)O)cc4Cl)C[C@@H]3C2)NC(c2nccs2)=N[C@H]1c1cccc(F)c1C. The summed E-state index contributed by atoms with van der Waals surface area (Å²) in [5, 5.41) is 15.0. The lowest BCUT2D eigenvalue weighted by atomic mass is 9.84. The maximum atomic E-state index is 16.4. The number of aliphatic imine (C=N–C) groups is 1. The third-order valence-corrected chi connectivity index (χ3v) is 9.73. The number of fused-ring (bicyclic) bond motifs is 1. The van der Waals surface area contributed by atoms with Crippen LogP contribution in [-0.2, 0) is 14.3 Å². The number of ether oxygens (including phenoxy) is 1. The van der Waals surface area contributed by atoms with Gasteiger partial charge < -0.3 is 20.1 Å². The highest BCUT2D eigenvalue weighted by Crippen LogP contribution is 2.44. The van der Waals surface area contributed by atoms with Crippen molar-refractivity contribution in [2.45, 2.75) is 32.0 Å². The number of esters is 1. The number of carbonyl (C=O) groups excluding carboxylic acids is 2. The van der Waals surface area contributed by atoms with Gasteiger partial charge in [-0.1, -0.05) is 23.7 Å². The molecule has 4 heterocycles. The summed E-state index contributed by atoms with van der Waals surface area (Å²) < 4.78 is 36.6. The lowest BCUT2D eigenvalue weighted by molar-refractivity contribution is -0.139. The number of amides is 1. The van der Waals surface area contributed by atoms with Crippen molar-refractivity contribution in [1.82, 2.24) is 15.2 Å². The molecule has 1 aromatic heterocycles. The van der Waals surface area contributed by atoms with Gasteiger partial charge in [0, 0.05) is 55.8 Å². The third kappa shape index (κ3) is 5.67. The van der Waals surface area contributed by atoms with Gasteiger partial charge in [0.05, 0.1) is 28.5 Å². The summed E-state index contributed by atoms with van der Waals surface area (Å²) in [7, 11) is 0. The molecule has 3 aromatic rings. The van der Waals surface area contributed by atoms with E-state index < -0.39 is 41.3 Å². The van der Waals surface area contributed by atoms with Crippen LogP contribution in [0.15, 0.2) is 64.2 Å². The number of amidine groups is 1. The Kier molecular flexibility index (Phi) is 8.66. The van der Waals surface area contributed by atoms with Crippen molar-refractivity contribution in [3.05, 3.63) is 91.8 Å². The highest BCUT2D eigenvalue weighted by atomic mass is 35.5. The second kappa shape index (κ2) is 12.5. The number of benzene rings is 2. The predicted molar refractivity (Wildman–Crippen MR) is 168 cm³/mol. The Hall–Kier alpha value is -4.20. The molecule has 2 N–H and O–H groups in total. The molecule has 2 aromatic carbocycles. The van der Waals surface area contributed by atoms with E-state index in [9.17, 15) is 23.9 Å². The average molecular weight is 670 g/mol. The number of nitrogens with one attached hydrogen (secondary N) is 1. The zero-order valence-electron chi connectivity index (χ0n) is 24.9. The Labute approximate surface area is 272 Å². The summed E-state index contributed by atoms with van der Waals surface area (Å²) in [5.74, 6) is -3.26. The number of likely N-dealkylation sites (tertiary alicyclic amines) is 1. The van der Waals surface area contributed by atoms with E-state index in [-0.39, 0.29) is 61.1 Å². The Bertz CT molecular complexity index is 1780. The molecular formula is C32H30ClF2N5O5S. The molecule has 240 valence electrons. The number of alkyl halides is 1. The second-order valence-corrected chi connectivity index (χ2v) is 12.6. The maximum absolute atomic E-state index is 16.4. The van der Waals surface area contributed by atoms with Gasteiger partial charge in [-0.2, -0.15) is 0 Å². The summed E-state index contributed by atoms with van der Waals surface area (Å²) >= 11 is 7.69. The minimum absolute atomic E-state index is 0.0338. The van der Waals surface area contributed by atoms with E-state index in [0.29, 0.717) is 27.7 Å². The van der Waals surface area contributed by atoms with E-state index in [1.54, 1.807) is 37.6 Å². The first-order valence-electron chi connectivity index (χ1n) is 14.7. The molecule has 0 spiro atoms. The van der Waals surface area contributed by atoms with Crippen molar-refractivity contribution < 1.29 is 33.0 Å². The van der Waals surface area contributed by atoms with E-state index >= 15 is 4.39 Å². The van der Waals surface area contributed by atoms with Gasteiger partial charge in [-0.25, -0.2) is 23.4 Å². The fraction of sp³-hybridized carbons (Fsp3) is 0.344. The van der Waals surface area contributed by atoms with Crippen LogP contribution < -0.4 is 10.2 Å². The highest BCUT2D eigenvalue weighted by molar-refractivity contribution is 7.11. The number of carboxylic acid groups (broad SMARTS) is 1. The molecule has 0 bridgehead atoms. The molecule has 14 heteroatoms. The number of aromatic nitrogens is 1. The second-order valence-electron chi connectivity index (χ2n) is 11.3. The van der Waals surface area contributed by atoms with Crippen LogP contribution in [0, 0.1) is 18.7 Å². The molecule has 3 aliphatic rings. The van der Waals surface area contributed by atoms with Crippen LogP contribution in [0.2, 0.25) is 5.02 Å². The van der Waals surface area contributed by atoms with Gasteiger partial charge in [-0.15, -0.1) is 11.3 Å². The normalized spacial score (nSPS) is 23.2. The Balaban J connectivity index is 1.33. The molecule has 1 amide bonds. The largest absolute Gasteiger partial charge is 0.478 e. The van der Waals surface area contributed by atoms with E-state index in [4.69, 9.17) is 21.3 Å². The fourth-order valence-corrected chi connectivity index (χ4v) is 7.15. The number of rotatable bonds is 8. The number of halogens is 3. The number of piperidine rings is 1. The highest BCUT2D eigenvalue weighted by Gasteiger charge is 2.57. The van der Waals surface area contributed by atoms with Gasteiger partial charge in [0.25, 0.3) is 5.91 Å². The number of anilines is 1. The van der Waals surface area contributed by atoms with Crippen molar-refractivity contribution >= 4 is 52.3 Å². The topological polar surface area (TPSA) is 124 Å². The maximum Gasteiger partial charge on any atom is 0.338 e. The van der Waals surface area contributed by atoms with Crippen molar-refractivity contribution in [2.24, 2.45) is 10.9 Å². The predicted octanol–water partition coefficient (Wildman–Crippen LogP) is 4.93. The Morgan fingerprint density at radius 2 is 2.07 bits per heavy atom. The molecule has 10 nitrogen and oxygen atoms in total. The minimum Gasteiger partial charge on any atom is -0.478 e. The van der Waals surface area contributed by atoms with Gasteiger partial charge in [-0.05, 0) is 49.2 Å². The molecule has 0 saturated carbocycles. The first-order valence-corrected chi connectivity index (χ1v) is 15.9. The number of hydrogen-bond donors (Lipinski definition) is 2. The lowest BCUT2D eigenvalue weighted by Gasteiger charge is -2.38. The standard InChI is InChI=1S/C32H30ClF2N5O5S/c1-3-45-30(43)25-23(37-27(28-36-10-12-46-28)38-26(25)20-5-4-6-22(34)17(20)2)16-39-11-9-32(35)19(14-39)15-40(31(32)44)24-8-7-18(29(41)42)13-21(24)33/h4-8,10,12-13,19,26H,3,9,11,14-16H2,1-2H3,(H,37,38)(H,41,42)/t19-,26-,32+/m0/s1. The smallest absolute Gasteiger partial charge is 0.338 e. The Morgan fingerprint density at radius 3 is 2.76 bits per heavy atom.